The van der Waals surface area contributed by atoms with Crippen LogP contribution in [0, 0.1) is 0 Å². The van der Waals surface area contributed by atoms with E-state index >= 15 is 0 Å². The standard InChI is InChI=1S/C6H11NO3/c1-7-5(3-4-8)6(9)10-2/h4-5,7H,3H2,1-2H3. The number of aldehydes is 1. The SMILES string of the molecule is CNC(CC=O)C(=O)OC. The number of rotatable bonds is 4. The van der Waals surface area contributed by atoms with Gasteiger partial charge in [-0.1, -0.05) is 0 Å². The molecule has 0 aromatic heterocycles. The second-order valence-corrected chi connectivity index (χ2v) is 1.77. The maximum absolute atomic E-state index is 10.7. The Bertz CT molecular complexity index is 124. The molecule has 0 fully saturated rings. The molecule has 0 spiro atoms. The number of esters is 1. The van der Waals surface area contributed by atoms with E-state index in [4.69, 9.17) is 0 Å². The van der Waals surface area contributed by atoms with Gasteiger partial charge in [-0.3, -0.25) is 4.79 Å². The van der Waals surface area contributed by atoms with Crippen molar-refractivity contribution in [2.24, 2.45) is 0 Å². The molecule has 0 radical (unpaired) electrons. The lowest BCUT2D eigenvalue weighted by Gasteiger charge is -2.08. The quantitative estimate of drug-likeness (QED) is 0.421. The largest absolute Gasteiger partial charge is 0.468 e. The Kier molecular flexibility index (Phi) is 4.49. The van der Waals surface area contributed by atoms with E-state index in [2.05, 4.69) is 10.1 Å². The lowest BCUT2D eigenvalue weighted by atomic mass is 10.2. The zero-order valence-electron chi connectivity index (χ0n) is 6.09. The Morgan fingerprint density at radius 2 is 2.40 bits per heavy atom. The van der Waals surface area contributed by atoms with Crippen molar-refractivity contribution in [2.45, 2.75) is 12.5 Å². The van der Waals surface area contributed by atoms with Gasteiger partial charge in [0.2, 0.25) is 0 Å². The summed E-state index contributed by atoms with van der Waals surface area (Å²) in [4.78, 5) is 20.6. The van der Waals surface area contributed by atoms with E-state index in [-0.39, 0.29) is 6.42 Å². The summed E-state index contributed by atoms with van der Waals surface area (Å²) in [6.45, 7) is 0. The maximum atomic E-state index is 10.7. The van der Waals surface area contributed by atoms with Crippen LogP contribution in [0.25, 0.3) is 0 Å². The van der Waals surface area contributed by atoms with E-state index in [0.717, 1.165) is 0 Å². The van der Waals surface area contributed by atoms with Gasteiger partial charge in [-0.15, -0.1) is 0 Å². The number of nitrogens with one attached hydrogen (secondary N) is 1. The molecule has 0 bridgehead atoms. The van der Waals surface area contributed by atoms with E-state index < -0.39 is 12.0 Å². The molecule has 10 heavy (non-hydrogen) atoms. The van der Waals surface area contributed by atoms with Gasteiger partial charge in [0.15, 0.2) is 0 Å². The molecular weight excluding hydrogens is 134 g/mol. The number of carbonyl (C=O) groups excluding carboxylic acids is 2. The minimum absolute atomic E-state index is 0.156. The van der Waals surface area contributed by atoms with Crippen LogP contribution < -0.4 is 5.32 Å². The van der Waals surface area contributed by atoms with E-state index in [1.807, 2.05) is 0 Å². The van der Waals surface area contributed by atoms with Crippen LogP contribution in [0.4, 0.5) is 0 Å². The van der Waals surface area contributed by atoms with Gasteiger partial charge in [-0.25, -0.2) is 0 Å². The van der Waals surface area contributed by atoms with Crippen LogP contribution in [0.2, 0.25) is 0 Å². The maximum Gasteiger partial charge on any atom is 0.323 e. The van der Waals surface area contributed by atoms with Gasteiger partial charge < -0.3 is 14.8 Å². The highest BCUT2D eigenvalue weighted by molar-refractivity contribution is 5.78. The van der Waals surface area contributed by atoms with Gasteiger partial charge in [0, 0.05) is 6.42 Å². The van der Waals surface area contributed by atoms with E-state index in [1.54, 1.807) is 7.05 Å². The molecule has 1 unspecified atom stereocenters. The van der Waals surface area contributed by atoms with Crippen molar-refractivity contribution in [1.82, 2.24) is 5.32 Å². The van der Waals surface area contributed by atoms with E-state index in [9.17, 15) is 9.59 Å². The monoisotopic (exact) mass is 145 g/mol. The van der Waals surface area contributed by atoms with Crippen LogP contribution >= 0.6 is 0 Å². The van der Waals surface area contributed by atoms with Crippen LogP contribution in [0.5, 0.6) is 0 Å². The average Bonchev–Trinajstić information content (AvgIpc) is 1.99. The fourth-order valence-corrected chi connectivity index (χ4v) is 0.570. The van der Waals surface area contributed by atoms with E-state index in [1.165, 1.54) is 7.11 Å². The summed E-state index contributed by atoms with van der Waals surface area (Å²) < 4.78 is 4.40. The molecule has 0 aromatic rings. The zero-order valence-corrected chi connectivity index (χ0v) is 6.09. The second-order valence-electron chi connectivity index (χ2n) is 1.77. The normalized spacial score (nSPS) is 12.2. The highest BCUT2D eigenvalue weighted by atomic mass is 16.5. The number of hydrogen-bond donors (Lipinski definition) is 1. The Hall–Kier alpha value is -0.900. The van der Waals surface area contributed by atoms with Gasteiger partial charge in [-0.05, 0) is 7.05 Å². The van der Waals surface area contributed by atoms with Crippen LogP contribution in [0.15, 0.2) is 0 Å². The van der Waals surface area contributed by atoms with Crippen molar-refractivity contribution in [3.63, 3.8) is 0 Å². The summed E-state index contributed by atoms with van der Waals surface area (Å²) in [6, 6.07) is -0.498. The number of ether oxygens (including phenoxy) is 1. The minimum atomic E-state index is -0.498. The molecule has 0 amide bonds. The fraction of sp³-hybridized carbons (Fsp3) is 0.667. The van der Waals surface area contributed by atoms with Crippen molar-refractivity contribution in [3.8, 4) is 0 Å². The fourth-order valence-electron chi connectivity index (χ4n) is 0.570. The summed E-state index contributed by atoms with van der Waals surface area (Å²) >= 11 is 0. The van der Waals surface area contributed by atoms with Crippen LogP contribution in [-0.2, 0) is 14.3 Å². The first-order valence-electron chi connectivity index (χ1n) is 2.95. The topological polar surface area (TPSA) is 55.4 Å². The molecule has 0 aromatic carbocycles. The first kappa shape index (κ1) is 9.10. The van der Waals surface area contributed by atoms with Crippen LogP contribution in [-0.4, -0.2) is 32.5 Å². The molecule has 0 aliphatic carbocycles. The van der Waals surface area contributed by atoms with Gasteiger partial charge in [-0.2, -0.15) is 0 Å². The van der Waals surface area contributed by atoms with Crippen molar-refractivity contribution in [3.05, 3.63) is 0 Å². The van der Waals surface area contributed by atoms with Crippen molar-refractivity contribution >= 4 is 12.3 Å². The van der Waals surface area contributed by atoms with Crippen LogP contribution in [0.1, 0.15) is 6.42 Å². The van der Waals surface area contributed by atoms with Crippen LogP contribution in [0.3, 0.4) is 0 Å². The Morgan fingerprint density at radius 3 is 2.70 bits per heavy atom. The lowest BCUT2D eigenvalue weighted by molar-refractivity contribution is -0.143. The molecule has 58 valence electrons. The predicted octanol–water partition coefficient (Wildman–Crippen LogP) is -0.664. The second kappa shape index (κ2) is 4.93. The average molecular weight is 145 g/mol. The first-order valence-corrected chi connectivity index (χ1v) is 2.95. The third-order valence-electron chi connectivity index (χ3n) is 1.17. The summed E-state index contributed by atoms with van der Waals surface area (Å²) in [6.07, 6.45) is 0.835. The highest BCUT2D eigenvalue weighted by Crippen LogP contribution is 1.89. The van der Waals surface area contributed by atoms with Gasteiger partial charge in [0.05, 0.1) is 7.11 Å². The molecule has 0 saturated heterocycles. The number of likely N-dealkylation sites (N-methyl/N-ethyl adjacent to an activating group) is 1. The van der Waals surface area contributed by atoms with Gasteiger partial charge in [0.1, 0.15) is 12.3 Å². The van der Waals surface area contributed by atoms with Crippen molar-refractivity contribution < 1.29 is 14.3 Å². The summed E-state index contributed by atoms with van der Waals surface area (Å²) in [5, 5.41) is 2.65. The van der Waals surface area contributed by atoms with Crippen molar-refractivity contribution in [2.75, 3.05) is 14.2 Å². The smallest absolute Gasteiger partial charge is 0.323 e. The zero-order chi connectivity index (χ0) is 7.98. The molecule has 1 atom stereocenters. The van der Waals surface area contributed by atoms with Gasteiger partial charge >= 0.3 is 5.97 Å². The summed E-state index contributed by atoms with van der Waals surface area (Å²) in [5.41, 5.74) is 0. The Labute approximate surface area is 59.6 Å². The number of methoxy groups -OCH3 is 1. The molecule has 1 N–H and O–H groups in total. The molecule has 0 rings (SSSR count). The number of carbonyl (C=O) groups is 2. The molecule has 0 aliphatic rings. The Morgan fingerprint density at radius 1 is 1.80 bits per heavy atom. The Balaban J connectivity index is 3.79. The lowest BCUT2D eigenvalue weighted by Crippen LogP contribution is -2.35. The highest BCUT2D eigenvalue weighted by Gasteiger charge is 2.14. The molecular formula is C6H11NO3. The molecule has 0 aliphatic heterocycles. The molecule has 4 heteroatoms. The predicted molar refractivity (Wildman–Crippen MR) is 35.5 cm³/mol. The van der Waals surface area contributed by atoms with E-state index in [0.29, 0.717) is 6.29 Å². The molecule has 0 heterocycles. The third kappa shape index (κ3) is 2.59. The number of hydrogen-bond acceptors (Lipinski definition) is 4. The minimum Gasteiger partial charge on any atom is -0.468 e. The first-order chi connectivity index (χ1) is 4.76. The molecule has 0 saturated carbocycles. The third-order valence-corrected chi connectivity index (χ3v) is 1.17. The summed E-state index contributed by atoms with van der Waals surface area (Å²) in [5.74, 6) is -0.408. The van der Waals surface area contributed by atoms with Gasteiger partial charge in [0.25, 0.3) is 0 Å². The van der Waals surface area contributed by atoms with Crippen molar-refractivity contribution in [1.29, 1.82) is 0 Å². The molecule has 4 nitrogen and oxygen atoms in total. The summed E-state index contributed by atoms with van der Waals surface area (Å²) in [7, 11) is 2.89.